The van der Waals surface area contributed by atoms with Crippen molar-refractivity contribution >= 4 is 30.0 Å². The topological polar surface area (TPSA) is 114 Å². The molecule has 2 aromatic rings. The predicted molar refractivity (Wildman–Crippen MR) is 200 cm³/mol. The number of ether oxygens (including phenoxy) is 2. The largest absolute Gasteiger partial charge is 0.458 e. The lowest BCUT2D eigenvalue weighted by atomic mass is 9.94. The summed E-state index contributed by atoms with van der Waals surface area (Å²) < 4.78 is 11.3. The Morgan fingerprint density at radius 1 is 0.780 bits per heavy atom. The lowest BCUT2D eigenvalue weighted by Gasteiger charge is -2.39. The Labute approximate surface area is 300 Å². The molecule has 0 heterocycles. The highest BCUT2D eigenvalue weighted by atomic mass is 16.6. The van der Waals surface area contributed by atoms with Gasteiger partial charge in [-0.1, -0.05) is 88.9 Å². The van der Waals surface area contributed by atoms with Gasteiger partial charge in [-0.05, 0) is 102 Å². The fourth-order valence-corrected chi connectivity index (χ4v) is 5.60. The third-order valence-corrected chi connectivity index (χ3v) is 7.87. The molecule has 50 heavy (non-hydrogen) atoms. The van der Waals surface area contributed by atoms with E-state index in [0.717, 1.165) is 17.5 Å². The van der Waals surface area contributed by atoms with Crippen LogP contribution < -0.4 is 10.6 Å². The summed E-state index contributed by atoms with van der Waals surface area (Å²) >= 11 is 0. The van der Waals surface area contributed by atoms with E-state index < -0.39 is 59.2 Å². The van der Waals surface area contributed by atoms with Crippen LogP contribution in [0.25, 0.3) is 6.08 Å². The Hall–Kier alpha value is -4.14. The van der Waals surface area contributed by atoms with Crippen LogP contribution in [0.4, 0.5) is 4.79 Å². The van der Waals surface area contributed by atoms with Gasteiger partial charge in [0.25, 0.3) is 0 Å². The molecule has 276 valence electrons. The summed E-state index contributed by atoms with van der Waals surface area (Å²) in [5, 5.41) is 5.80. The molecule has 3 amide bonds. The van der Waals surface area contributed by atoms with E-state index in [1.807, 2.05) is 69.3 Å². The molecule has 0 radical (unpaired) electrons. The van der Waals surface area contributed by atoms with Crippen LogP contribution in [0, 0.1) is 11.8 Å². The van der Waals surface area contributed by atoms with Crippen LogP contribution in [-0.4, -0.2) is 58.1 Å². The number of hydrogen-bond acceptors (Lipinski definition) is 6. The Bertz CT molecular complexity index is 1420. The van der Waals surface area contributed by atoms with Gasteiger partial charge in [0.15, 0.2) is 0 Å². The number of hydrogen-bond donors (Lipinski definition) is 2. The second kappa shape index (κ2) is 18.7. The highest BCUT2D eigenvalue weighted by molar-refractivity contribution is 5.94. The number of alkyl carbamates (subject to hydrolysis) is 1. The van der Waals surface area contributed by atoms with E-state index in [4.69, 9.17) is 9.47 Å². The normalized spacial score (nSPS) is 14.3. The number of carbonyl (C=O) groups is 4. The minimum Gasteiger partial charge on any atom is -0.458 e. The SMILES string of the molecule is C=Cc1cccc(C(C(=O)NC(Cc2ccccc2)C(=O)OC(C)(C)C)N(C(=O)C(CC(C)C)NC(=O)OC(C)(C)C)C(C)CCC(C)C)c1. The van der Waals surface area contributed by atoms with Crippen molar-refractivity contribution in [2.75, 3.05) is 0 Å². The van der Waals surface area contributed by atoms with Gasteiger partial charge >= 0.3 is 12.1 Å². The maximum Gasteiger partial charge on any atom is 0.408 e. The van der Waals surface area contributed by atoms with Crippen LogP contribution >= 0.6 is 0 Å². The van der Waals surface area contributed by atoms with Crippen molar-refractivity contribution in [1.29, 1.82) is 0 Å². The van der Waals surface area contributed by atoms with Gasteiger partial charge in [0, 0.05) is 12.5 Å². The van der Waals surface area contributed by atoms with Crippen LogP contribution in [0.5, 0.6) is 0 Å². The second-order valence-electron chi connectivity index (χ2n) is 16.0. The van der Waals surface area contributed by atoms with E-state index in [2.05, 4.69) is 31.1 Å². The van der Waals surface area contributed by atoms with Crippen molar-refractivity contribution in [2.24, 2.45) is 11.8 Å². The highest BCUT2D eigenvalue weighted by Gasteiger charge is 2.40. The maximum absolute atomic E-state index is 14.9. The smallest absolute Gasteiger partial charge is 0.408 e. The van der Waals surface area contributed by atoms with Crippen LogP contribution in [-0.2, 0) is 30.3 Å². The molecule has 2 N–H and O–H groups in total. The zero-order chi connectivity index (χ0) is 37.8. The lowest BCUT2D eigenvalue weighted by molar-refractivity contribution is -0.159. The summed E-state index contributed by atoms with van der Waals surface area (Å²) in [6.07, 6.45) is 2.88. The Morgan fingerprint density at radius 3 is 1.94 bits per heavy atom. The van der Waals surface area contributed by atoms with Crippen LogP contribution in [0.15, 0.2) is 61.2 Å². The van der Waals surface area contributed by atoms with E-state index in [-0.39, 0.29) is 12.3 Å². The number of carbonyl (C=O) groups excluding carboxylic acids is 4. The first-order valence-corrected chi connectivity index (χ1v) is 17.8. The number of amides is 3. The Balaban J connectivity index is 2.75. The standard InChI is InChI=1S/C41H61N3O6/c1-13-30-20-17-21-32(25-30)35(36(45)42-34(38(47)49-40(7,8)9)26-31-18-15-14-16-19-31)44(29(6)23-22-27(2)3)37(46)33(24-28(4)5)43-39(48)50-41(10,11)12/h13-21,25,27-29,33-35H,1,22-24,26H2,2-12H3,(H,42,45)(H,43,48). The van der Waals surface area contributed by atoms with Crippen molar-refractivity contribution < 1.29 is 28.7 Å². The van der Waals surface area contributed by atoms with Gasteiger partial charge < -0.3 is 25.0 Å². The first-order chi connectivity index (χ1) is 23.2. The van der Waals surface area contributed by atoms with E-state index in [0.29, 0.717) is 24.3 Å². The summed E-state index contributed by atoms with van der Waals surface area (Å²) in [6.45, 7) is 24.6. The highest BCUT2D eigenvalue weighted by Crippen LogP contribution is 2.30. The maximum atomic E-state index is 14.9. The molecule has 0 aliphatic heterocycles. The molecular weight excluding hydrogens is 630 g/mol. The lowest BCUT2D eigenvalue weighted by Crippen LogP contribution is -2.57. The molecule has 9 nitrogen and oxygen atoms in total. The second-order valence-corrected chi connectivity index (χ2v) is 16.0. The summed E-state index contributed by atoms with van der Waals surface area (Å²) in [5.74, 6) is -1.15. The van der Waals surface area contributed by atoms with E-state index in [1.165, 1.54) is 0 Å². The molecule has 0 fully saturated rings. The molecule has 0 aliphatic rings. The molecule has 2 aromatic carbocycles. The zero-order valence-electron chi connectivity index (χ0n) is 32.2. The minimum atomic E-state index is -1.15. The summed E-state index contributed by atoms with van der Waals surface area (Å²) in [6, 6.07) is 13.1. The third-order valence-electron chi connectivity index (χ3n) is 7.87. The van der Waals surface area contributed by atoms with E-state index >= 15 is 0 Å². The quantitative estimate of drug-likeness (QED) is 0.172. The molecule has 0 spiro atoms. The number of esters is 1. The predicted octanol–water partition coefficient (Wildman–Crippen LogP) is 8.03. The molecule has 4 atom stereocenters. The van der Waals surface area contributed by atoms with Crippen molar-refractivity contribution in [3.8, 4) is 0 Å². The molecule has 0 saturated heterocycles. The summed E-state index contributed by atoms with van der Waals surface area (Å²) in [4.78, 5) is 58.0. The monoisotopic (exact) mass is 691 g/mol. The molecular formula is C41H61N3O6. The van der Waals surface area contributed by atoms with E-state index in [1.54, 1.807) is 58.6 Å². The van der Waals surface area contributed by atoms with Gasteiger partial charge in [-0.15, -0.1) is 0 Å². The van der Waals surface area contributed by atoms with Gasteiger partial charge in [-0.2, -0.15) is 0 Å². The number of benzene rings is 2. The average Bonchev–Trinajstić information content (AvgIpc) is 2.99. The minimum absolute atomic E-state index is 0.0329. The number of nitrogens with one attached hydrogen (secondary N) is 2. The van der Waals surface area contributed by atoms with Crippen molar-refractivity contribution in [3.05, 3.63) is 77.9 Å². The Morgan fingerprint density at radius 2 is 1.40 bits per heavy atom. The van der Waals surface area contributed by atoms with Crippen LogP contribution in [0.1, 0.15) is 118 Å². The summed E-state index contributed by atoms with van der Waals surface area (Å²) in [5.41, 5.74) is 0.585. The fourth-order valence-electron chi connectivity index (χ4n) is 5.60. The van der Waals surface area contributed by atoms with Gasteiger partial charge in [0.1, 0.15) is 29.3 Å². The number of nitrogens with zero attached hydrogens (tertiary/aromatic N) is 1. The van der Waals surface area contributed by atoms with Crippen molar-refractivity contribution in [3.63, 3.8) is 0 Å². The molecule has 0 bridgehead atoms. The van der Waals surface area contributed by atoms with Gasteiger partial charge in [0.05, 0.1) is 0 Å². The van der Waals surface area contributed by atoms with Gasteiger partial charge in [-0.3, -0.25) is 9.59 Å². The average molecular weight is 692 g/mol. The Kier molecular flexibility index (Phi) is 15.8. The molecule has 0 aromatic heterocycles. The third kappa shape index (κ3) is 14.4. The first-order valence-electron chi connectivity index (χ1n) is 17.8. The van der Waals surface area contributed by atoms with Crippen LogP contribution in [0.2, 0.25) is 0 Å². The first kappa shape index (κ1) is 42.0. The molecule has 2 rings (SSSR count). The molecule has 9 heteroatoms. The van der Waals surface area contributed by atoms with Crippen molar-refractivity contribution in [2.45, 2.75) is 137 Å². The molecule has 0 aliphatic carbocycles. The molecule has 4 unspecified atom stereocenters. The number of rotatable bonds is 16. The molecule has 0 saturated carbocycles. The van der Waals surface area contributed by atoms with Gasteiger partial charge in [-0.25, -0.2) is 9.59 Å². The van der Waals surface area contributed by atoms with Gasteiger partial charge in [0.2, 0.25) is 11.8 Å². The summed E-state index contributed by atoms with van der Waals surface area (Å²) in [7, 11) is 0. The van der Waals surface area contributed by atoms with E-state index in [9.17, 15) is 19.2 Å². The van der Waals surface area contributed by atoms with Crippen molar-refractivity contribution in [1.82, 2.24) is 15.5 Å². The zero-order valence-corrected chi connectivity index (χ0v) is 32.2. The van der Waals surface area contributed by atoms with Crippen LogP contribution in [0.3, 0.4) is 0 Å². The fraction of sp³-hybridized carbons (Fsp3) is 0.561.